The summed E-state index contributed by atoms with van der Waals surface area (Å²) in [4.78, 5) is 22.4. The van der Waals surface area contributed by atoms with E-state index < -0.39 is 0 Å². The quantitative estimate of drug-likeness (QED) is 0.412. The van der Waals surface area contributed by atoms with Gasteiger partial charge in [-0.2, -0.15) is 0 Å². The number of carbonyl (C=O) groups is 1. The van der Waals surface area contributed by atoms with Crippen LogP contribution in [0.25, 0.3) is 0 Å². The van der Waals surface area contributed by atoms with E-state index in [1.165, 1.54) is 17.0 Å². The van der Waals surface area contributed by atoms with Crippen LogP contribution >= 0.6 is 11.3 Å². The van der Waals surface area contributed by atoms with Crippen LogP contribution in [0, 0.1) is 0 Å². The molecule has 8 nitrogen and oxygen atoms in total. The van der Waals surface area contributed by atoms with Gasteiger partial charge in [0.15, 0.2) is 5.13 Å². The van der Waals surface area contributed by atoms with Gasteiger partial charge in [-0.25, -0.2) is 4.98 Å². The average molecular weight is 468 g/mol. The van der Waals surface area contributed by atoms with E-state index in [0.29, 0.717) is 21.3 Å². The lowest BCUT2D eigenvalue weighted by atomic mass is 10.1. The largest absolute Gasteiger partial charge is 0.497 e. The fraction of sp³-hybridized carbons (Fsp3) is 0.333. The first kappa shape index (κ1) is 23.0. The molecule has 0 spiro atoms. The predicted octanol–water partition coefficient (Wildman–Crippen LogP) is 3.21. The van der Waals surface area contributed by atoms with Crippen molar-refractivity contribution in [1.29, 1.82) is 0 Å². The molecule has 0 radical (unpaired) electrons. The highest BCUT2D eigenvalue weighted by atomic mass is 32.1. The Morgan fingerprint density at radius 3 is 2.64 bits per heavy atom. The van der Waals surface area contributed by atoms with Gasteiger partial charge in [-0.1, -0.05) is 23.5 Å². The van der Waals surface area contributed by atoms with Gasteiger partial charge in [0.1, 0.15) is 16.4 Å². The first-order chi connectivity index (χ1) is 16.1. The smallest absolute Gasteiger partial charge is 0.206 e. The Hall–Kier alpha value is -3.14. The van der Waals surface area contributed by atoms with Gasteiger partial charge < -0.3 is 25.8 Å². The van der Waals surface area contributed by atoms with E-state index in [0.717, 1.165) is 44.8 Å². The number of benzene rings is 2. The summed E-state index contributed by atoms with van der Waals surface area (Å²) in [5.41, 5.74) is 8.62. The van der Waals surface area contributed by atoms with E-state index in [9.17, 15) is 4.79 Å². The van der Waals surface area contributed by atoms with Crippen LogP contribution in [0.4, 0.5) is 22.3 Å². The summed E-state index contributed by atoms with van der Waals surface area (Å²) in [6, 6.07) is 15.2. The molecule has 1 aliphatic rings. The number of anilines is 4. The molecular formula is C24H29N5O3S. The predicted molar refractivity (Wildman–Crippen MR) is 133 cm³/mol. The Balaban J connectivity index is 1.38. The number of methoxy groups -OCH3 is 1. The topological polar surface area (TPSA) is 104 Å². The molecule has 174 valence electrons. The summed E-state index contributed by atoms with van der Waals surface area (Å²) in [6.07, 6.45) is 0.828. The lowest BCUT2D eigenvalue weighted by Gasteiger charge is -2.36. The molecular weight excluding hydrogens is 438 g/mol. The lowest BCUT2D eigenvalue weighted by molar-refractivity contribution is 0.104. The number of hydrogen-bond donors (Lipinski definition) is 3. The van der Waals surface area contributed by atoms with Crippen molar-refractivity contribution in [2.75, 3.05) is 62.4 Å². The molecule has 0 bridgehead atoms. The first-order valence-corrected chi connectivity index (χ1v) is 11.8. The molecule has 1 aliphatic heterocycles. The second-order valence-corrected chi connectivity index (χ2v) is 8.87. The van der Waals surface area contributed by atoms with E-state index in [4.69, 9.17) is 15.6 Å². The molecule has 0 saturated carbocycles. The number of aromatic nitrogens is 1. The maximum absolute atomic E-state index is 12.9. The summed E-state index contributed by atoms with van der Waals surface area (Å²) < 4.78 is 5.21. The molecule has 2 heterocycles. The van der Waals surface area contributed by atoms with Crippen molar-refractivity contribution in [2.45, 2.75) is 6.42 Å². The van der Waals surface area contributed by atoms with Crippen LogP contribution in [0.5, 0.6) is 5.75 Å². The zero-order chi connectivity index (χ0) is 23.2. The second kappa shape index (κ2) is 10.7. The van der Waals surface area contributed by atoms with Crippen molar-refractivity contribution in [2.24, 2.45) is 0 Å². The Bertz CT molecular complexity index is 1080. The van der Waals surface area contributed by atoms with Crippen LogP contribution in [0.2, 0.25) is 0 Å². The molecule has 0 atom stereocenters. The average Bonchev–Trinajstić information content (AvgIpc) is 3.22. The third-order valence-corrected chi connectivity index (χ3v) is 6.67. The fourth-order valence-electron chi connectivity index (χ4n) is 3.85. The SMILES string of the molecule is COc1cccc(C(=O)c2sc(Nc3ccc(N4CCN(CCCO)CC4)cc3)nc2N)c1. The fourth-order valence-corrected chi connectivity index (χ4v) is 4.71. The number of thiazole rings is 1. The van der Waals surface area contributed by atoms with E-state index in [1.807, 2.05) is 12.1 Å². The number of carbonyl (C=O) groups excluding carboxylic acids is 1. The van der Waals surface area contributed by atoms with Crippen LogP contribution in [0.3, 0.4) is 0 Å². The van der Waals surface area contributed by atoms with E-state index >= 15 is 0 Å². The van der Waals surface area contributed by atoms with Crippen molar-refractivity contribution < 1.29 is 14.6 Å². The number of nitrogens with zero attached hydrogens (tertiary/aromatic N) is 3. The number of nitrogen functional groups attached to an aromatic ring is 1. The van der Waals surface area contributed by atoms with Crippen molar-refractivity contribution in [3.63, 3.8) is 0 Å². The summed E-state index contributed by atoms with van der Waals surface area (Å²) in [5, 5.41) is 12.8. The Morgan fingerprint density at radius 2 is 1.94 bits per heavy atom. The number of hydrogen-bond acceptors (Lipinski definition) is 9. The van der Waals surface area contributed by atoms with Gasteiger partial charge in [-0.3, -0.25) is 9.69 Å². The standard InChI is InChI=1S/C24H29N5O3S/c1-32-20-5-2-4-17(16-20)21(31)22-23(25)27-24(33-22)26-18-6-8-19(9-7-18)29-13-11-28(12-14-29)10-3-15-30/h2,4-9,16,30H,3,10-15,25H2,1H3,(H,26,27). The molecule has 3 aromatic rings. The maximum Gasteiger partial charge on any atom is 0.206 e. The highest BCUT2D eigenvalue weighted by molar-refractivity contribution is 7.18. The monoisotopic (exact) mass is 467 g/mol. The summed E-state index contributed by atoms with van der Waals surface area (Å²) in [5.74, 6) is 0.658. The van der Waals surface area contributed by atoms with Gasteiger partial charge in [0.05, 0.1) is 7.11 Å². The lowest BCUT2D eigenvalue weighted by Crippen LogP contribution is -2.46. The van der Waals surface area contributed by atoms with Gasteiger partial charge in [-0.05, 0) is 42.8 Å². The Morgan fingerprint density at radius 1 is 1.18 bits per heavy atom. The van der Waals surface area contributed by atoms with E-state index in [-0.39, 0.29) is 18.2 Å². The van der Waals surface area contributed by atoms with Gasteiger partial charge in [0.25, 0.3) is 0 Å². The molecule has 33 heavy (non-hydrogen) atoms. The molecule has 9 heteroatoms. The van der Waals surface area contributed by atoms with Crippen molar-refractivity contribution in [1.82, 2.24) is 9.88 Å². The zero-order valence-corrected chi connectivity index (χ0v) is 19.5. The number of ketones is 1. The van der Waals surface area contributed by atoms with Crippen molar-refractivity contribution in [3.05, 3.63) is 59.0 Å². The zero-order valence-electron chi connectivity index (χ0n) is 18.7. The molecule has 4 rings (SSSR count). The second-order valence-electron chi connectivity index (χ2n) is 7.87. The maximum atomic E-state index is 12.9. The highest BCUT2D eigenvalue weighted by Gasteiger charge is 2.19. The summed E-state index contributed by atoms with van der Waals surface area (Å²) in [7, 11) is 1.57. The van der Waals surface area contributed by atoms with Crippen molar-refractivity contribution >= 4 is 39.4 Å². The molecule has 1 aromatic heterocycles. The molecule has 0 unspecified atom stereocenters. The van der Waals surface area contributed by atoms with Gasteiger partial charge in [-0.15, -0.1) is 0 Å². The van der Waals surface area contributed by atoms with Crippen LogP contribution in [0.1, 0.15) is 21.7 Å². The molecule has 1 fully saturated rings. The number of aliphatic hydroxyl groups excluding tert-OH is 1. The molecule has 1 saturated heterocycles. The number of nitrogens with one attached hydrogen (secondary N) is 1. The summed E-state index contributed by atoms with van der Waals surface area (Å²) >= 11 is 1.24. The number of piperazine rings is 1. The molecule has 4 N–H and O–H groups in total. The third-order valence-electron chi connectivity index (χ3n) is 5.68. The Labute approximate surface area is 197 Å². The molecule has 0 amide bonds. The minimum absolute atomic E-state index is 0.176. The van der Waals surface area contributed by atoms with Crippen LogP contribution in [0.15, 0.2) is 48.5 Å². The number of nitrogens with two attached hydrogens (primary N) is 1. The number of rotatable bonds is 9. The molecule has 0 aliphatic carbocycles. The van der Waals surface area contributed by atoms with Crippen LogP contribution in [-0.4, -0.2) is 67.2 Å². The normalized spacial score (nSPS) is 14.3. The number of ether oxygens (including phenoxy) is 1. The van der Waals surface area contributed by atoms with E-state index in [2.05, 4.69) is 32.2 Å². The first-order valence-electron chi connectivity index (χ1n) is 11.0. The van der Waals surface area contributed by atoms with E-state index in [1.54, 1.807) is 31.4 Å². The van der Waals surface area contributed by atoms with Crippen LogP contribution < -0.4 is 20.7 Å². The minimum atomic E-state index is -0.176. The third kappa shape index (κ3) is 5.62. The highest BCUT2D eigenvalue weighted by Crippen LogP contribution is 2.31. The van der Waals surface area contributed by atoms with Gasteiger partial charge in [0, 0.05) is 56.3 Å². The minimum Gasteiger partial charge on any atom is -0.497 e. The van der Waals surface area contributed by atoms with Crippen LogP contribution in [-0.2, 0) is 0 Å². The summed E-state index contributed by atoms with van der Waals surface area (Å²) in [6.45, 7) is 5.14. The Kier molecular flexibility index (Phi) is 7.43. The van der Waals surface area contributed by atoms with Gasteiger partial charge in [0.2, 0.25) is 5.78 Å². The van der Waals surface area contributed by atoms with Gasteiger partial charge >= 0.3 is 0 Å². The number of aliphatic hydroxyl groups is 1. The van der Waals surface area contributed by atoms with Crippen molar-refractivity contribution in [3.8, 4) is 5.75 Å². The molecule has 2 aromatic carbocycles.